The lowest BCUT2D eigenvalue weighted by molar-refractivity contribution is 0.121. The zero-order valence-electron chi connectivity index (χ0n) is 13.0. The van der Waals surface area contributed by atoms with E-state index < -0.39 is 0 Å². The summed E-state index contributed by atoms with van der Waals surface area (Å²) in [5.41, 5.74) is 4.01. The normalized spacial score (nSPS) is 19.2. The quantitative estimate of drug-likeness (QED) is 0.837. The summed E-state index contributed by atoms with van der Waals surface area (Å²) in [6.45, 7) is 10.2. The molecule has 2 N–H and O–H groups in total. The van der Waals surface area contributed by atoms with Crippen molar-refractivity contribution in [1.29, 1.82) is 0 Å². The fraction of sp³-hybridized carbons (Fsp3) is 0.647. The van der Waals surface area contributed by atoms with Gasteiger partial charge in [0.2, 0.25) is 0 Å². The van der Waals surface area contributed by atoms with Crippen molar-refractivity contribution in [1.82, 2.24) is 10.2 Å². The predicted octanol–water partition coefficient (Wildman–Crippen LogP) is 2.41. The van der Waals surface area contributed by atoms with Crippen LogP contribution in [0.3, 0.4) is 0 Å². The van der Waals surface area contributed by atoms with E-state index in [1.165, 1.54) is 29.5 Å². The molecule has 0 bridgehead atoms. The van der Waals surface area contributed by atoms with E-state index in [9.17, 15) is 5.11 Å². The van der Waals surface area contributed by atoms with E-state index in [-0.39, 0.29) is 12.1 Å². The van der Waals surface area contributed by atoms with Gasteiger partial charge in [0.25, 0.3) is 0 Å². The van der Waals surface area contributed by atoms with Crippen LogP contribution in [0.15, 0.2) is 18.2 Å². The molecule has 2 atom stereocenters. The van der Waals surface area contributed by atoms with Gasteiger partial charge in [-0.2, -0.15) is 0 Å². The van der Waals surface area contributed by atoms with E-state index in [4.69, 9.17) is 0 Å². The molecule has 0 spiro atoms. The molecule has 1 aliphatic heterocycles. The maximum absolute atomic E-state index is 10.1. The monoisotopic (exact) mass is 276 g/mol. The summed E-state index contributed by atoms with van der Waals surface area (Å²) in [6.07, 6.45) is 2.28. The van der Waals surface area contributed by atoms with Crippen molar-refractivity contribution in [3.8, 4) is 0 Å². The molecule has 1 aliphatic rings. The van der Waals surface area contributed by atoms with Gasteiger partial charge in [0.1, 0.15) is 0 Å². The number of aliphatic hydroxyl groups is 1. The number of benzene rings is 1. The van der Waals surface area contributed by atoms with E-state index in [1.54, 1.807) is 0 Å². The fourth-order valence-electron chi connectivity index (χ4n) is 2.99. The van der Waals surface area contributed by atoms with Crippen molar-refractivity contribution >= 4 is 0 Å². The number of nitrogens with one attached hydrogen (secondary N) is 1. The second-order valence-electron chi connectivity index (χ2n) is 6.08. The molecule has 20 heavy (non-hydrogen) atoms. The van der Waals surface area contributed by atoms with Gasteiger partial charge in [-0.1, -0.05) is 18.2 Å². The predicted molar refractivity (Wildman–Crippen MR) is 84.0 cm³/mol. The third kappa shape index (κ3) is 4.05. The highest BCUT2D eigenvalue weighted by molar-refractivity contribution is 5.34. The topological polar surface area (TPSA) is 35.5 Å². The number of likely N-dealkylation sites (tertiary alicyclic amines) is 1. The third-order valence-electron chi connectivity index (χ3n) is 4.44. The largest absolute Gasteiger partial charge is 0.390 e. The van der Waals surface area contributed by atoms with E-state index in [2.05, 4.69) is 49.2 Å². The first-order valence-electron chi connectivity index (χ1n) is 7.78. The molecular formula is C17H28N2O. The number of aliphatic hydroxyl groups excluding tert-OH is 1. The van der Waals surface area contributed by atoms with Crippen LogP contribution in [0.4, 0.5) is 0 Å². The molecule has 0 aliphatic carbocycles. The van der Waals surface area contributed by atoms with E-state index in [0.29, 0.717) is 6.54 Å². The average Bonchev–Trinajstić information content (AvgIpc) is 2.92. The molecule has 1 heterocycles. The van der Waals surface area contributed by atoms with Crippen molar-refractivity contribution in [2.24, 2.45) is 0 Å². The van der Waals surface area contributed by atoms with Crippen molar-refractivity contribution in [3.63, 3.8) is 0 Å². The van der Waals surface area contributed by atoms with Crippen LogP contribution < -0.4 is 5.32 Å². The summed E-state index contributed by atoms with van der Waals surface area (Å²) >= 11 is 0. The number of aryl methyl sites for hydroxylation is 1. The summed E-state index contributed by atoms with van der Waals surface area (Å²) in [5, 5.41) is 13.6. The maximum atomic E-state index is 10.1. The lowest BCUT2D eigenvalue weighted by atomic mass is 9.98. The summed E-state index contributed by atoms with van der Waals surface area (Å²) in [5.74, 6) is 0. The zero-order valence-corrected chi connectivity index (χ0v) is 13.0. The Morgan fingerprint density at radius 3 is 2.65 bits per heavy atom. The summed E-state index contributed by atoms with van der Waals surface area (Å²) in [6, 6.07) is 6.71. The van der Waals surface area contributed by atoms with Gasteiger partial charge in [0, 0.05) is 19.1 Å². The molecule has 0 radical (unpaired) electrons. The fourth-order valence-corrected chi connectivity index (χ4v) is 2.99. The first-order chi connectivity index (χ1) is 9.58. The smallest absolute Gasteiger partial charge is 0.0791 e. The lowest BCUT2D eigenvalue weighted by Gasteiger charge is -2.23. The Balaban J connectivity index is 1.81. The molecule has 3 nitrogen and oxygen atoms in total. The van der Waals surface area contributed by atoms with Gasteiger partial charge >= 0.3 is 0 Å². The number of hydrogen-bond donors (Lipinski definition) is 2. The van der Waals surface area contributed by atoms with Crippen LogP contribution in [0.1, 0.15) is 42.5 Å². The molecule has 0 amide bonds. The van der Waals surface area contributed by atoms with Gasteiger partial charge in [0.15, 0.2) is 0 Å². The van der Waals surface area contributed by atoms with Crippen LogP contribution in [0.5, 0.6) is 0 Å². The van der Waals surface area contributed by atoms with Gasteiger partial charge in [-0.25, -0.2) is 0 Å². The van der Waals surface area contributed by atoms with Gasteiger partial charge in [-0.3, -0.25) is 0 Å². The molecule has 1 saturated heterocycles. The molecule has 112 valence electrons. The Labute approximate surface area is 123 Å². The Kier molecular flexibility index (Phi) is 5.58. The van der Waals surface area contributed by atoms with Crippen LogP contribution in [0, 0.1) is 13.8 Å². The van der Waals surface area contributed by atoms with Crippen LogP contribution in [0.2, 0.25) is 0 Å². The minimum atomic E-state index is -0.277. The Morgan fingerprint density at radius 2 is 1.95 bits per heavy atom. The number of rotatable bonds is 6. The lowest BCUT2D eigenvalue weighted by Crippen LogP contribution is -2.38. The van der Waals surface area contributed by atoms with E-state index >= 15 is 0 Å². The summed E-state index contributed by atoms with van der Waals surface area (Å²) < 4.78 is 0. The van der Waals surface area contributed by atoms with Crippen LogP contribution in [-0.2, 0) is 0 Å². The molecule has 0 aromatic heterocycles. The van der Waals surface area contributed by atoms with Gasteiger partial charge < -0.3 is 15.3 Å². The van der Waals surface area contributed by atoms with Crippen LogP contribution in [0.25, 0.3) is 0 Å². The van der Waals surface area contributed by atoms with Crippen molar-refractivity contribution in [3.05, 3.63) is 34.9 Å². The number of β-amino-alcohol motifs (C(OH)–C–C–N with tert-alkyl or cyclic N) is 1. The Morgan fingerprint density at radius 1 is 1.25 bits per heavy atom. The van der Waals surface area contributed by atoms with E-state index in [0.717, 1.165) is 19.6 Å². The molecule has 3 heteroatoms. The molecule has 1 aromatic rings. The average molecular weight is 276 g/mol. The maximum Gasteiger partial charge on any atom is 0.0791 e. The molecule has 2 rings (SSSR count). The second-order valence-corrected chi connectivity index (χ2v) is 6.08. The Bertz CT molecular complexity index is 427. The molecule has 0 saturated carbocycles. The number of hydrogen-bond acceptors (Lipinski definition) is 3. The minimum Gasteiger partial charge on any atom is -0.390 e. The zero-order chi connectivity index (χ0) is 14.5. The molecule has 1 fully saturated rings. The van der Waals surface area contributed by atoms with Gasteiger partial charge in [0.05, 0.1) is 6.10 Å². The van der Waals surface area contributed by atoms with Crippen LogP contribution >= 0.6 is 0 Å². The second kappa shape index (κ2) is 7.21. The standard InChI is InChI=1S/C17H28N2O/c1-13-7-6-8-17(14(13)2)15(3)18-11-16(20)12-19-9-4-5-10-19/h6-8,15-16,18,20H,4-5,9-12H2,1-3H3. The summed E-state index contributed by atoms with van der Waals surface area (Å²) in [4.78, 5) is 2.36. The van der Waals surface area contributed by atoms with Crippen molar-refractivity contribution in [2.45, 2.75) is 45.8 Å². The highest BCUT2D eigenvalue weighted by Crippen LogP contribution is 2.20. The number of nitrogens with zero attached hydrogens (tertiary/aromatic N) is 1. The SMILES string of the molecule is Cc1cccc(C(C)NCC(O)CN2CCCC2)c1C. The van der Waals surface area contributed by atoms with Crippen molar-refractivity contribution < 1.29 is 5.11 Å². The van der Waals surface area contributed by atoms with E-state index in [1.807, 2.05) is 0 Å². The van der Waals surface area contributed by atoms with Crippen LogP contribution in [-0.4, -0.2) is 42.3 Å². The highest BCUT2D eigenvalue weighted by atomic mass is 16.3. The van der Waals surface area contributed by atoms with Gasteiger partial charge in [-0.15, -0.1) is 0 Å². The minimum absolute atomic E-state index is 0.277. The Hall–Kier alpha value is -0.900. The molecular weight excluding hydrogens is 248 g/mol. The molecule has 1 aromatic carbocycles. The van der Waals surface area contributed by atoms with Crippen molar-refractivity contribution in [2.75, 3.05) is 26.2 Å². The summed E-state index contributed by atoms with van der Waals surface area (Å²) in [7, 11) is 0. The first kappa shape index (κ1) is 15.5. The third-order valence-corrected chi connectivity index (χ3v) is 4.44. The first-order valence-corrected chi connectivity index (χ1v) is 7.78. The molecule has 2 unspecified atom stereocenters. The highest BCUT2D eigenvalue weighted by Gasteiger charge is 2.16. The van der Waals surface area contributed by atoms with Gasteiger partial charge in [-0.05, 0) is 63.4 Å².